The van der Waals surface area contributed by atoms with Crippen LogP contribution in [0, 0.1) is 11.6 Å². The molecule has 3 aliphatic rings. The summed E-state index contributed by atoms with van der Waals surface area (Å²) in [5, 5.41) is 14.6. The number of amides is 3. The molecule has 1 saturated heterocycles. The Hall–Kier alpha value is -4.13. The summed E-state index contributed by atoms with van der Waals surface area (Å²) in [5.41, 5.74) is -0.595. The number of carbonyl (C=O) groups excluding carboxylic acids is 2. The smallest absolute Gasteiger partial charge is 0.413 e. The van der Waals surface area contributed by atoms with Gasteiger partial charge in [-0.2, -0.15) is 0 Å². The predicted octanol–water partition coefficient (Wildman–Crippen LogP) is 4.71. The molecule has 5 heterocycles. The van der Waals surface area contributed by atoms with Crippen LogP contribution in [-0.2, 0) is 27.2 Å². The maximum absolute atomic E-state index is 14.9. The molecule has 0 aliphatic carbocycles. The third-order valence-corrected chi connectivity index (χ3v) is 8.73. The van der Waals surface area contributed by atoms with Crippen molar-refractivity contribution in [3.05, 3.63) is 70.9 Å². The summed E-state index contributed by atoms with van der Waals surface area (Å²) in [4.78, 5) is 31.8. The van der Waals surface area contributed by atoms with Crippen LogP contribution in [0.5, 0.6) is 0 Å². The average molecular weight is 582 g/mol. The Morgan fingerprint density at radius 2 is 1.95 bits per heavy atom. The van der Waals surface area contributed by atoms with E-state index in [-0.39, 0.29) is 17.5 Å². The molecule has 2 aromatic heterocycles. The lowest BCUT2D eigenvalue weighted by atomic mass is 9.83. The molecule has 0 bridgehead atoms. The summed E-state index contributed by atoms with van der Waals surface area (Å²) in [6, 6.07) is 7.06. The summed E-state index contributed by atoms with van der Waals surface area (Å²) >= 11 is 0. The minimum Gasteiger partial charge on any atom is -0.437 e. The van der Waals surface area contributed by atoms with E-state index in [1.807, 2.05) is 24.5 Å². The molecule has 1 spiro atoms. The Balaban J connectivity index is 1.23. The molecule has 11 nitrogen and oxygen atoms in total. The summed E-state index contributed by atoms with van der Waals surface area (Å²) < 4.78 is 42.3. The van der Waals surface area contributed by atoms with Crippen LogP contribution in [0.15, 0.2) is 36.5 Å². The molecule has 42 heavy (non-hydrogen) atoms. The Kier molecular flexibility index (Phi) is 7.08. The van der Waals surface area contributed by atoms with Gasteiger partial charge in [0.15, 0.2) is 23.3 Å². The molecule has 6 rings (SSSR count). The van der Waals surface area contributed by atoms with Crippen LogP contribution >= 0.6 is 0 Å². The number of aromatic nitrogens is 4. The summed E-state index contributed by atoms with van der Waals surface area (Å²) in [5.74, 6) is -0.606. The van der Waals surface area contributed by atoms with E-state index in [0.29, 0.717) is 62.8 Å². The average Bonchev–Trinajstić information content (AvgIpc) is 3.32. The van der Waals surface area contributed by atoms with Crippen molar-refractivity contribution < 1.29 is 27.8 Å². The second-order valence-electron chi connectivity index (χ2n) is 11.5. The quantitative estimate of drug-likeness (QED) is 0.457. The predicted molar refractivity (Wildman–Crippen MR) is 146 cm³/mol. The second-order valence-corrected chi connectivity index (χ2v) is 11.5. The van der Waals surface area contributed by atoms with E-state index in [9.17, 15) is 18.4 Å². The largest absolute Gasteiger partial charge is 0.437 e. The van der Waals surface area contributed by atoms with Gasteiger partial charge in [0.1, 0.15) is 17.0 Å². The monoisotopic (exact) mass is 581 g/mol. The number of halogens is 2. The minimum atomic E-state index is -0.899. The van der Waals surface area contributed by atoms with Crippen molar-refractivity contribution in [1.29, 1.82) is 0 Å². The number of anilines is 1. The van der Waals surface area contributed by atoms with Crippen LogP contribution in [0.2, 0.25) is 0 Å². The first-order chi connectivity index (χ1) is 20.1. The second kappa shape index (κ2) is 10.6. The van der Waals surface area contributed by atoms with Gasteiger partial charge < -0.3 is 24.3 Å². The van der Waals surface area contributed by atoms with Gasteiger partial charge in [0.2, 0.25) is 0 Å². The van der Waals surface area contributed by atoms with Crippen molar-refractivity contribution in [2.75, 3.05) is 25.5 Å². The van der Waals surface area contributed by atoms with Crippen molar-refractivity contribution in [3.63, 3.8) is 0 Å². The first-order valence-corrected chi connectivity index (χ1v) is 14.1. The molecule has 3 amide bonds. The molecular formula is C29H33F2N7O4. The fourth-order valence-electron chi connectivity index (χ4n) is 6.23. The topological polar surface area (TPSA) is 124 Å². The standard InChI is InChI=1S/C29H33F2N7O4/c1-28(2,41-3)25-36-35-24-21(10-9-17(16-38(24)25)18-6-4-8-20(30)22(18)31)33-26(39)37-14-11-29(12-15-37)19-7-5-13-32-23(19)34-27(40)42-29/h4-8,13,17,21H,9-12,14-16H2,1-3H3,(H,33,39)(H,32,34,40)/t17-,21-/m1/s1. The van der Waals surface area contributed by atoms with E-state index in [2.05, 4.69) is 25.8 Å². The Bertz CT molecular complexity index is 1520. The molecule has 3 aromatic rings. The first-order valence-electron chi connectivity index (χ1n) is 14.1. The van der Waals surface area contributed by atoms with Gasteiger partial charge in [-0.1, -0.05) is 12.1 Å². The van der Waals surface area contributed by atoms with E-state index in [1.165, 1.54) is 6.07 Å². The number of urea groups is 1. The molecule has 1 fully saturated rings. The van der Waals surface area contributed by atoms with Crippen molar-refractivity contribution in [2.24, 2.45) is 0 Å². The number of fused-ring (bicyclic) bond motifs is 3. The molecule has 0 unspecified atom stereocenters. The number of methoxy groups -OCH3 is 1. The lowest BCUT2D eigenvalue weighted by molar-refractivity contribution is -0.0308. The highest BCUT2D eigenvalue weighted by Crippen LogP contribution is 2.43. The van der Waals surface area contributed by atoms with Gasteiger partial charge in [-0.25, -0.2) is 23.4 Å². The van der Waals surface area contributed by atoms with E-state index < -0.39 is 35.0 Å². The van der Waals surface area contributed by atoms with Crippen LogP contribution in [0.25, 0.3) is 0 Å². The van der Waals surface area contributed by atoms with Crippen LogP contribution in [0.3, 0.4) is 0 Å². The van der Waals surface area contributed by atoms with Gasteiger partial charge in [-0.15, -0.1) is 10.2 Å². The number of ether oxygens (including phenoxy) is 2. The molecule has 0 radical (unpaired) electrons. The van der Waals surface area contributed by atoms with Crippen molar-refractivity contribution >= 4 is 17.9 Å². The zero-order valence-electron chi connectivity index (χ0n) is 23.7. The van der Waals surface area contributed by atoms with E-state index >= 15 is 0 Å². The highest BCUT2D eigenvalue weighted by Gasteiger charge is 2.46. The molecular weight excluding hydrogens is 548 g/mol. The fraction of sp³-hybridized carbons (Fsp3) is 0.483. The normalized spacial score (nSPS) is 21.5. The summed E-state index contributed by atoms with van der Waals surface area (Å²) in [6.45, 7) is 4.71. The number of benzene rings is 1. The molecule has 3 aliphatic heterocycles. The van der Waals surface area contributed by atoms with Gasteiger partial charge in [0, 0.05) is 57.3 Å². The zero-order valence-corrected chi connectivity index (χ0v) is 23.7. The number of rotatable bonds is 4. The molecule has 0 saturated carbocycles. The number of hydrogen-bond donors (Lipinski definition) is 2. The lowest BCUT2D eigenvalue weighted by Crippen LogP contribution is -2.52. The van der Waals surface area contributed by atoms with Crippen LogP contribution < -0.4 is 10.6 Å². The van der Waals surface area contributed by atoms with Gasteiger partial charge in [0.05, 0.1) is 6.04 Å². The molecule has 222 valence electrons. The number of carbonyl (C=O) groups is 2. The SMILES string of the molecule is COC(C)(C)c1nnc2n1C[C@H](c1cccc(F)c1F)CC[C@H]2NC(=O)N1CCC2(CC1)OC(=O)Nc1ncccc12. The van der Waals surface area contributed by atoms with Gasteiger partial charge in [0.25, 0.3) is 0 Å². The molecule has 2 N–H and O–H groups in total. The molecule has 13 heteroatoms. The number of pyridine rings is 1. The minimum absolute atomic E-state index is 0.274. The Morgan fingerprint density at radius 1 is 1.17 bits per heavy atom. The van der Waals surface area contributed by atoms with Crippen molar-refractivity contribution in [3.8, 4) is 0 Å². The number of nitrogens with zero attached hydrogens (tertiary/aromatic N) is 5. The van der Waals surface area contributed by atoms with Gasteiger partial charge in [-0.05, 0) is 50.5 Å². The van der Waals surface area contributed by atoms with E-state index in [1.54, 1.807) is 30.3 Å². The maximum Gasteiger partial charge on any atom is 0.413 e. The summed E-state index contributed by atoms with van der Waals surface area (Å²) in [6.07, 6.45) is 2.81. The highest BCUT2D eigenvalue weighted by atomic mass is 19.2. The Morgan fingerprint density at radius 3 is 2.71 bits per heavy atom. The number of piperidine rings is 1. The Labute approximate surface area is 241 Å². The first kappa shape index (κ1) is 28.0. The number of likely N-dealkylation sites (tertiary alicyclic amines) is 1. The summed E-state index contributed by atoms with van der Waals surface area (Å²) in [7, 11) is 1.57. The number of hydrogen-bond acceptors (Lipinski definition) is 7. The van der Waals surface area contributed by atoms with Crippen LogP contribution in [0.1, 0.15) is 74.3 Å². The molecule has 1 aromatic carbocycles. The van der Waals surface area contributed by atoms with E-state index in [0.717, 1.165) is 11.6 Å². The number of nitrogens with one attached hydrogen (secondary N) is 2. The maximum atomic E-state index is 14.9. The zero-order chi connectivity index (χ0) is 29.6. The molecule has 2 atom stereocenters. The van der Waals surface area contributed by atoms with Gasteiger partial charge in [-0.3, -0.25) is 5.32 Å². The highest BCUT2D eigenvalue weighted by molar-refractivity contribution is 5.87. The van der Waals surface area contributed by atoms with Crippen LogP contribution in [0.4, 0.5) is 24.2 Å². The van der Waals surface area contributed by atoms with Crippen molar-refractivity contribution in [2.45, 2.75) is 69.2 Å². The lowest BCUT2D eigenvalue weighted by Gasteiger charge is -2.43. The third-order valence-electron chi connectivity index (χ3n) is 8.73. The van der Waals surface area contributed by atoms with Crippen molar-refractivity contribution in [1.82, 2.24) is 30.0 Å². The van der Waals surface area contributed by atoms with Crippen LogP contribution in [-0.4, -0.2) is 57.0 Å². The third kappa shape index (κ3) is 4.85. The van der Waals surface area contributed by atoms with E-state index in [4.69, 9.17) is 9.47 Å². The fourth-order valence-corrected chi connectivity index (χ4v) is 6.23. The van der Waals surface area contributed by atoms with Gasteiger partial charge >= 0.3 is 12.1 Å².